The van der Waals surface area contributed by atoms with Crippen molar-refractivity contribution >= 4 is 44.7 Å². The molecule has 1 saturated heterocycles. The SMILES string of the molecule is O=C(CNS(=O)(=O)c1cccs1)N1CCN(c2ncc(C(F)(F)F)cc2Cl)CC1. The first kappa shape index (κ1) is 21.8. The van der Waals surface area contributed by atoms with E-state index in [2.05, 4.69) is 9.71 Å². The molecule has 0 spiro atoms. The smallest absolute Gasteiger partial charge is 0.352 e. The lowest BCUT2D eigenvalue weighted by molar-refractivity contribution is -0.137. The van der Waals surface area contributed by atoms with Crippen LogP contribution in [0, 0.1) is 0 Å². The highest BCUT2D eigenvalue weighted by Gasteiger charge is 2.32. The number of alkyl halides is 3. The number of anilines is 1. The minimum atomic E-state index is -4.53. The fourth-order valence-electron chi connectivity index (χ4n) is 2.74. The third-order valence-corrected chi connectivity index (χ3v) is 7.33. The van der Waals surface area contributed by atoms with E-state index in [9.17, 15) is 26.4 Å². The quantitative estimate of drug-likeness (QED) is 0.729. The number of sulfonamides is 1. The molecule has 29 heavy (non-hydrogen) atoms. The van der Waals surface area contributed by atoms with E-state index >= 15 is 0 Å². The largest absolute Gasteiger partial charge is 0.417 e. The van der Waals surface area contributed by atoms with Gasteiger partial charge in [0, 0.05) is 32.4 Å². The summed E-state index contributed by atoms with van der Waals surface area (Å²) in [4.78, 5) is 19.3. The fraction of sp³-hybridized carbons (Fsp3) is 0.375. The number of halogens is 4. The first-order chi connectivity index (χ1) is 13.6. The lowest BCUT2D eigenvalue weighted by Crippen LogP contribution is -2.51. The molecular formula is C16H16ClF3N4O3S2. The lowest BCUT2D eigenvalue weighted by Gasteiger charge is -2.35. The number of rotatable bonds is 5. The number of piperazine rings is 1. The number of nitrogens with one attached hydrogen (secondary N) is 1. The molecule has 2 aromatic rings. The minimum absolute atomic E-state index is 0.122. The van der Waals surface area contributed by atoms with Gasteiger partial charge in [0.15, 0.2) is 0 Å². The molecule has 1 N–H and O–H groups in total. The molecule has 3 heterocycles. The van der Waals surface area contributed by atoms with Crippen molar-refractivity contribution in [2.75, 3.05) is 37.6 Å². The standard InChI is InChI=1S/C16H16ClF3N4O3S2/c17-12-8-11(16(18,19)20)9-21-15(12)24-5-3-23(4-6-24)13(25)10-22-29(26,27)14-2-1-7-28-14/h1-2,7-9,22H,3-6,10H2. The van der Waals surface area contributed by atoms with E-state index in [0.29, 0.717) is 13.1 Å². The van der Waals surface area contributed by atoms with E-state index in [1.54, 1.807) is 16.3 Å². The zero-order chi connectivity index (χ0) is 21.2. The van der Waals surface area contributed by atoms with Crippen LogP contribution in [0.15, 0.2) is 34.0 Å². The van der Waals surface area contributed by atoms with Gasteiger partial charge in [-0.15, -0.1) is 11.3 Å². The number of amides is 1. The second-order valence-electron chi connectivity index (χ2n) is 6.15. The molecule has 0 saturated carbocycles. The Morgan fingerprint density at radius 1 is 1.28 bits per heavy atom. The molecule has 0 unspecified atom stereocenters. The molecule has 1 aliphatic rings. The van der Waals surface area contributed by atoms with Gasteiger partial charge in [-0.1, -0.05) is 17.7 Å². The Labute approximate surface area is 174 Å². The summed E-state index contributed by atoms with van der Waals surface area (Å²) < 4.78 is 64.7. The van der Waals surface area contributed by atoms with Crippen molar-refractivity contribution in [1.29, 1.82) is 0 Å². The first-order valence-corrected chi connectivity index (χ1v) is 11.1. The van der Waals surface area contributed by atoms with Crippen molar-refractivity contribution in [1.82, 2.24) is 14.6 Å². The van der Waals surface area contributed by atoms with Crippen molar-refractivity contribution < 1.29 is 26.4 Å². The summed E-state index contributed by atoms with van der Waals surface area (Å²) in [5.74, 6) is -0.179. The average Bonchev–Trinajstić information content (AvgIpc) is 3.21. The van der Waals surface area contributed by atoms with Crippen LogP contribution < -0.4 is 9.62 Å². The summed E-state index contributed by atoms with van der Waals surface area (Å²) in [5, 5.41) is 1.50. The summed E-state index contributed by atoms with van der Waals surface area (Å²) in [6, 6.07) is 3.86. The summed E-state index contributed by atoms with van der Waals surface area (Å²) in [7, 11) is -3.73. The van der Waals surface area contributed by atoms with E-state index in [0.717, 1.165) is 23.6 Å². The number of hydrogen-bond donors (Lipinski definition) is 1. The zero-order valence-electron chi connectivity index (χ0n) is 14.8. The highest BCUT2D eigenvalue weighted by atomic mass is 35.5. The van der Waals surface area contributed by atoms with Crippen LogP contribution in [0.1, 0.15) is 5.56 Å². The maximum Gasteiger partial charge on any atom is 0.417 e. The molecule has 0 aromatic carbocycles. The summed E-state index contributed by atoms with van der Waals surface area (Å²) >= 11 is 7.00. The molecular weight excluding hydrogens is 453 g/mol. The normalized spacial score (nSPS) is 15.6. The zero-order valence-corrected chi connectivity index (χ0v) is 17.2. The first-order valence-electron chi connectivity index (χ1n) is 8.36. The number of pyridine rings is 1. The second kappa shape index (κ2) is 8.46. The van der Waals surface area contributed by atoms with Gasteiger partial charge in [-0.25, -0.2) is 18.1 Å². The average molecular weight is 469 g/mol. The predicted octanol–water partition coefficient (Wildman–Crippen LogP) is 2.44. The Kier molecular flexibility index (Phi) is 6.36. The molecule has 13 heteroatoms. The van der Waals surface area contributed by atoms with Crippen molar-refractivity contribution in [3.63, 3.8) is 0 Å². The van der Waals surface area contributed by atoms with Crippen LogP contribution >= 0.6 is 22.9 Å². The number of hydrogen-bond acceptors (Lipinski definition) is 6. The molecule has 3 rings (SSSR count). The van der Waals surface area contributed by atoms with Crippen molar-refractivity contribution in [2.24, 2.45) is 0 Å². The fourth-order valence-corrected chi connectivity index (χ4v) is 5.04. The highest BCUT2D eigenvalue weighted by Crippen LogP contribution is 2.33. The van der Waals surface area contributed by atoms with E-state index in [4.69, 9.17) is 11.6 Å². The van der Waals surface area contributed by atoms with Gasteiger partial charge in [-0.2, -0.15) is 13.2 Å². The van der Waals surface area contributed by atoms with Crippen molar-refractivity contribution in [3.05, 3.63) is 40.4 Å². The Bertz CT molecular complexity index is 976. The van der Waals surface area contributed by atoms with Crippen molar-refractivity contribution in [3.8, 4) is 0 Å². The van der Waals surface area contributed by atoms with Gasteiger partial charge in [0.05, 0.1) is 17.1 Å². The van der Waals surface area contributed by atoms with Gasteiger partial charge in [0.1, 0.15) is 10.0 Å². The Morgan fingerprint density at radius 2 is 1.97 bits per heavy atom. The number of carbonyl (C=O) groups is 1. The molecule has 1 fully saturated rings. The van der Waals surface area contributed by atoms with Crippen LogP contribution in [0.3, 0.4) is 0 Å². The number of thiophene rings is 1. The molecule has 1 aliphatic heterocycles. The van der Waals surface area contributed by atoms with E-state index in [-0.39, 0.29) is 34.7 Å². The Morgan fingerprint density at radius 3 is 2.52 bits per heavy atom. The van der Waals surface area contributed by atoms with Crippen LogP contribution in [0.25, 0.3) is 0 Å². The van der Waals surface area contributed by atoms with E-state index < -0.39 is 27.7 Å². The predicted molar refractivity (Wildman–Crippen MR) is 103 cm³/mol. The van der Waals surface area contributed by atoms with E-state index in [1.165, 1.54) is 11.0 Å². The highest BCUT2D eigenvalue weighted by molar-refractivity contribution is 7.91. The van der Waals surface area contributed by atoms with Crippen molar-refractivity contribution in [2.45, 2.75) is 10.4 Å². The summed E-state index contributed by atoms with van der Waals surface area (Å²) in [6.07, 6.45) is -3.81. The molecule has 0 radical (unpaired) electrons. The van der Waals surface area contributed by atoms with Crippen LogP contribution in [0.2, 0.25) is 5.02 Å². The lowest BCUT2D eigenvalue weighted by atomic mass is 10.2. The summed E-state index contributed by atoms with van der Waals surface area (Å²) in [6.45, 7) is 0.764. The molecule has 0 bridgehead atoms. The molecule has 0 atom stereocenters. The number of aromatic nitrogens is 1. The minimum Gasteiger partial charge on any atom is -0.352 e. The Hall–Kier alpha value is -1.89. The number of nitrogens with zero attached hydrogens (tertiary/aromatic N) is 3. The van der Waals surface area contributed by atoms with Gasteiger partial charge in [0.25, 0.3) is 10.0 Å². The molecule has 158 valence electrons. The van der Waals surface area contributed by atoms with Crippen LogP contribution in [-0.4, -0.2) is 56.9 Å². The summed E-state index contributed by atoms with van der Waals surface area (Å²) in [5.41, 5.74) is -0.932. The van der Waals surface area contributed by atoms with Gasteiger partial charge in [-0.3, -0.25) is 4.79 Å². The topological polar surface area (TPSA) is 82.6 Å². The molecule has 0 aliphatic carbocycles. The molecule has 2 aromatic heterocycles. The van der Waals surface area contributed by atoms with Gasteiger partial charge in [-0.05, 0) is 17.5 Å². The maximum atomic E-state index is 12.7. The molecule has 7 nitrogen and oxygen atoms in total. The molecule has 1 amide bonds. The van der Waals surface area contributed by atoms with Gasteiger partial charge in [0.2, 0.25) is 5.91 Å². The van der Waals surface area contributed by atoms with Gasteiger partial charge < -0.3 is 9.80 Å². The van der Waals surface area contributed by atoms with E-state index in [1.807, 2.05) is 0 Å². The van der Waals surface area contributed by atoms with Crippen LogP contribution in [0.4, 0.5) is 19.0 Å². The van der Waals surface area contributed by atoms with Crippen LogP contribution in [0.5, 0.6) is 0 Å². The maximum absolute atomic E-state index is 12.7. The van der Waals surface area contributed by atoms with Gasteiger partial charge >= 0.3 is 6.18 Å². The Balaban J connectivity index is 1.56. The van der Waals surface area contributed by atoms with Crippen LogP contribution in [-0.2, 0) is 21.0 Å². The monoisotopic (exact) mass is 468 g/mol. The second-order valence-corrected chi connectivity index (χ2v) is 9.50. The number of carbonyl (C=O) groups excluding carboxylic acids is 1. The third-order valence-electron chi connectivity index (χ3n) is 4.25. The third kappa shape index (κ3) is 5.18.